The van der Waals surface area contributed by atoms with Gasteiger partial charge in [0.25, 0.3) is 10.0 Å². The summed E-state index contributed by atoms with van der Waals surface area (Å²) in [6.45, 7) is 3.63. The van der Waals surface area contributed by atoms with Crippen molar-refractivity contribution < 1.29 is 17.9 Å². The summed E-state index contributed by atoms with van der Waals surface area (Å²) in [6, 6.07) is 16.2. The largest absolute Gasteiger partial charge is 0.493 e. The van der Waals surface area contributed by atoms with Gasteiger partial charge in [-0.1, -0.05) is 41.4 Å². The molecule has 164 valence electrons. The van der Waals surface area contributed by atoms with Crippen LogP contribution in [0.25, 0.3) is 0 Å². The molecule has 0 aliphatic carbocycles. The monoisotopic (exact) mass is 479 g/mol. The Morgan fingerprint density at radius 2 is 1.52 bits per heavy atom. The number of sulfonamides is 1. The quantitative estimate of drug-likeness (QED) is 0.400. The Morgan fingerprint density at radius 3 is 2.10 bits per heavy atom. The molecule has 0 spiro atoms. The predicted molar refractivity (Wildman–Crippen MR) is 125 cm³/mol. The normalized spacial score (nSPS) is 12.3. The van der Waals surface area contributed by atoms with E-state index in [9.17, 15) is 8.42 Å². The van der Waals surface area contributed by atoms with Gasteiger partial charge in [-0.3, -0.25) is 4.31 Å². The highest BCUT2D eigenvalue weighted by Crippen LogP contribution is 2.39. The lowest BCUT2D eigenvalue weighted by Gasteiger charge is -2.31. The molecular weight excluding hydrogens is 457 g/mol. The van der Waals surface area contributed by atoms with Gasteiger partial charge in [0, 0.05) is 16.1 Å². The van der Waals surface area contributed by atoms with Crippen molar-refractivity contribution in [1.82, 2.24) is 0 Å². The Kier molecular flexibility index (Phi) is 7.04. The first-order chi connectivity index (χ1) is 14.7. The number of aryl methyl sites for hydroxylation is 1. The van der Waals surface area contributed by atoms with E-state index < -0.39 is 16.1 Å². The highest BCUT2D eigenvalue weighted by molar-refractivity contribution is 7.92. The van der Waals surface area contributed by atoms with E-state index in [2.05, 4.69) is 0 Å². The molecule has 0 amide bonds. The van der Waals surface area contributed by atoms with Gasteiger partial charge in [-0.2, -0.15) is 0 Å². The molecule has 0 saturated heterocycles. The second kappa shape index (κ2) is 9.39. The Balaban J connectivity index is 2.20. The minimum atomic E-state index is -3.98. The fourth-order valence-electron chi connectivity index (χ4n) is 3.26. The number of ether oxygens (including phenoxy) is 2. The van der Waals surface area contributed by atoms with Crippen LogP contribution in [-0.2, 0) is 10.0 Å². The van der Waals surface area contributed by atoms with Crippen molar-refractivity contribution in [2.24, 2.45) is 0 Å². The summed E-state index contributed by atoms with van der Waals surface area (Å²) in [6.07, 6.45) is 0. The lowest BCUT2D eigenvalue weighted by atomic mass is 10.1. The van der Waals surface area contributed by atoms with E-state index in [1.807, 2.05) is 13.8 Å². The van der Waals surface area contributed by atoms with E-state index in [0.717, 1.165) is 11.1 Å². The lowest BCUT2D eigenvalue weighted by Crippen LogP contribution is -2.33. The molecule has 3 rings (SSSR count). The average Bonchev–Trinajstić information content (AvgIpc) is 2.75. The van der Waals surface area contributed by atoms with E-state index in [4.69, 9.17) is 32.7 Å². The van der Waals surface area contributed by atoms with Crippen LogP contribution in [0.2, 0.25) is 10.0 Å². The average molecular weight is 480 g/mol. The van der Waals surface area contributed by atoms with Crippen molar-refractivity contribution in [3.05, 3.63) is 81.8 Å². The summed E-state index contributed by atoms with van der Waals surface area (Å²) < 4.78 is 39.6. The molecule has 0 fully saturated rings. The Labute approximate surface area is 193 Å². The maximum atomic E-state index is 13.8. The zero-order valence-electron chi connectivity index (χ0n) is 17.6. The smallest absolute Gasteiger partial charge is 0.264 e. The minimum Gasteiger partial charge on any atom is -0.493 e. The molecule has 0 saturated carbocycles. The zero-order chi connectivity index (χ0) is 22.8. The molecule has 0 aliphatic heterocycles. The SMILES string of the molecule is COc1ccc(N([C@@H](C)c2ccc(Cl)cc2)S(=O)(=O)c2ccc(C)c(Cl)c2)cc1OC. The van der Waals surface area contributed by atoms with Crippen LogP contribution in [0, 0.1) is 6.92 Å². The molecule has 0 N–H and O–H groups in total. The third-order valence-corrected chi connectivity index (χ3v) is 7.58. The zero-order valence-corrected chi connectivity index (χ0v) is 19.9. The van der Waals surface area contributed by atoms with Crippen LogP contribution < -0.4 is 13.8 Å². The number of hydrogen-bond acceptors (Lipinski definition) is 4. The van der Waals surface area contributed by atoms with E-state index in [0.29, 0.717) is 27.2 Å². The van der Waals surface area contributed by atoms with Gasteiger partial charge >= 0.3 is 0 Å². The van der Waals surface area contributed by atoms with Gasteiger partial charge < -0.3 is 9.47 Å². The minimum absolute atomic E-state index is 0.0960. The number of hydrogen-bond donors (Lipinski definition) is 0. The van der Waals surface area contributed by atoms with E-state index in [1.165, 1.54) is 24.6 Å². The molecule has 31 heavy (non-hydrogen) atoms. The molecule has 0 aliphatic rings. The van der Waals surface area contributed by atoms with Crippen molar-refractivity contribution in [1.29, 1.82) is 0 Å². The highest BCUT2D eigenvalue weighted by atomic mass is 35.5. The molecule has 8 heteroatoms. The van der Waals surface area contributed by atoms with Gasteiger partial charge in [-0.25, -0.2) is 8.42 Å². The molecule has 1 atom stereocenters. The fraction of sp³-hybridized carbons (Fsp3) is 0.217. The number of benzene rings is 3. The Morgan fingerprint density at radius 1 is 0.871 bits per heavy atom. The van der Waals surface area contributed by atoms with Crippen molar-refractivity contribution >= 4 is 38.9 Å². The Hall–Kier alpha value is -2.41. The van der Waals surface area contributed by atoms with Gasteiger partial charge in [0.15, 0.2) is 11.5 Å². The van der Waals surface area contributed by atoms with Crippen LogP contribution in [-0.4, -0.2) is 22.6 Å². The van der Waals surface area contributed by atoms with Gasteiger partial charge in [0.2, 0.25) is 0 Å². The fourth-order valence-corrected chi connectivity index (χ4v) is 5.29. The number of methoxy groups -OCH3 is 2. The van der Waals surface area contributed by atoms with Gasteiger partial charge in [0.1, 0.15) is 0 Å². The maximum Gasteiger partial charge on any atom is 0.264 e. The van der Waals surface area contributed by atoms with E-state index >= 15 is 0 Å². The molecule has 3 aromatic carbocycles. The summed E-state index contributed by atoms with van der Waals surface area (Å²) in [7, 11) is -0.949. The van der Waals surface area contributed by atoms with Crippen molar-refractivity contribution in [2.45, 2.75) is 24.8 Å². The number of rotatable bonds is 7. The number of halogens is 2. The lowest BCUT2D eigenvalue weighted by molar-refractivity contribution is 0.355. The molecule has 3 aromatic rings. The third-order valence-electron chi connectivity index (χ3n) is 5.03. The molecule has 5 nitrogen and oxygen atoms in total. The molecule has 0 unspecified atom stereocenters. The molecular formula is C23H23Cl2NO4S. The van der Waals surface area contributed by atoms with Crippen molar-refractivity contribution in [3.8, 4) is 11.5 Å². The van der Waals surface area contributed by atoms with Gasteiger partial charge in [0.05, 0.1) is 30.8 Å². The van der Waals surface area contributed by atoms with Crippen LogP contribution in [0.5, 0.6) is 11.5 Å². The molecule has 0 heterocycles. The van der Waals surface area contributed by atoms with E-state index in [-0.39, 0.29) is 4.90 Å². The first-order valence-electron chi connectivity index (χ1n) is 9.47. The first kappa shape index (κ1) is 23.3. The van der Waals surface area contributed by atoms with Crippen LogP contribution in [0.3, 0.4) is 0 Å². The van der Waals surface area contributed by atoms with Gasteiger partial charge in [-0.15, -0.1) is 0 Å². The first-order valence-corrected chi connectivity index (χ1v) is 11.7. The van der Waals surface area contributed by atoms with Crippen LogP contribution in [0.4, 0.5) is 5.69 Å². The second-order valence-electron chi connectivity index (χ2n) is 6.98. The van der Waals surface area contributed by atoms with Crippen molar-refractivity contribution in [2.75, 3.05) is 18.5 Å². The highest BCUT2D eigenvalue weighted by Gasteiger charge is 2.31. The Bertz CT molecular complexity index is 1180. The number of anilines is 1. The maximum absolute atomic E-state index is 13.8. The second-order valence-corrected chi connectivity index (χ2v) is 9.64. The van der Waals surface area contributed by atoms with E-state index in [1.54, 1.807) is 54.6 Å². The third kappa shape index (κ3) is 4.76. The van der Waals surface area contributed by atoms with Crippen LogP contribution in [0.1, 0.15) is 24.1 Å². The predicted octanol–water partition coefficient (Wildman–Crippen LogP) is 6.28. The summed E-state index contributed by atoms with van der Waals surface area (Å²) in [5.74, 6) is 0.923. The molecule has 0 radical (unpaired) electrons. The topological polar surface area (TPSA) is 55.8 Å². The molecule has 0 bridgehead atoms. The summed E-state index contributed by atoms with van der Waals surface area (Å²) in [5.41, 5.74) is 2.00. The summed E-state index contributed by atoms with van der Waals surface area (Å²) >= 11 is 12.3. The summed E-state index contributed by atoms with van der Waals surface area (Å²) in [5, 5.41) is 0.953. The molecule has 0 aromatic heterocycles. The van der Waals surface area contributed by atoms with Crippen LogP contribution in [0.15, 0.2) is 65.6 Å². The van der Waals surface area contributed by atoms with Crippen molar-refractivity contribution in [3.63, 3.8) is 0 Å². The summed E-state index contributed by atoms with van der Waals surface area (Å²) in [4.78, 5) is 0.0960. The standard InChI is InChI=1S/C23H23Cl2NO4S/c1-15-5-11-20(14-21(15)25)31(27,28)26(16(2)17-6-8-18(24)9-7-17)19-10-12-22(29-3)23(13-19)30-4/h5-14,16H,1-4H3/t16-/m0/s1. The van der Waals surface area contributed by atoms with Crippen LogP contribution >= 0.6 is 23.2 Å². The number of nitrogens with zero attached hydrogens (tertiary/aromatic N) is 1. The van der Waals surface area contributed by atoms with Gasteiger partial charge in [-0.05, 0) is 61.4 Å².